The van der Waals surface area contributed by atoms with Crippen LogP contribution in [0, 0.1) is 11.8 Å². The fourth-order valence-electron chi connectivity index (χ4n) is 5.69. The summed E-state index contributed by atoms with van der Waals surface area (Å²) in [5, 5.41) is 21.8. The summed E-state index contributed by atoms with van der Waals surface area (Å²) in [7, 11) is 0. The predicted molar refractivity (Wildman–Crippen MR) is 156 cm³/mol. The molecule has 1 aromatic carbocycles. The molecule has 0 unspecified atom stereocenters. The topological polar surface area (TPSA) is 173 Å². The van der Waals surface area contributed by atoms with Crippen LogP contribution in [0.5, 0.6) is 0 Å². The van der Waals surface area contributed by atoms with Gasteiger partial charge in [0.15, 0.2) is 0 Å². The number of para-hydroxylation sites is 1. The van der Waals surface area contributed by atoms with Crippen molar-refractivity contribution in [3.05, 3.63) is 36.0 Å². The zero-order chi connectivity index (χ0) is 30.6. The largest absolute Gasteiger partial charge is 0.394 e. The van der Waals surface area contributed by atoms with Crippen molar-refractivity contribution in [2.75, 3.05) is 13.2 Å². The summed E-state index contributed by atoms with van der Waals surface area (Å²) < 4.78 is 0. The molecule has 5 atom stereocenters. The third-order valence-electron chi connectivity index (χ3n) is 7.96. The number of hydrogen-bond acceptors (Lipinski definition) is 6. The number of amides is 5. The number of aliphatic hydroxyl groups excluding tert-OH is 1. The van der Waals surface area contributed by atoms with Crippen molar-refractivity contribution in [3.63, 3.8) is 0 Å². The maximum Gasteiger partial charge on any atom is 0.246 e. The second-order valence-electron chi connectivity index (χ2n) is 12.0. The van der Waals surface area contributed by atoms with E-state index in [2.05, 4.69) is 26.3 Å². The lowest BCUT2D eigenvalue weighted by Gasteiger charge is -2.32. The predicted octanol–water partition coefficient (Wildman–Crippen LogP) is 0.349. The van der Waals surface area contributed by atoms with Crippen LogP contribution in [0.1, 0.15) is 52.5 Å². The van der Waals surface area contributed by atoms with Crippen LogP contribution in [0.2, 0.25) is 0 Å². The summed E-state index contributed by atoms with van der Waals surface area (Å²) in [5.41, 5.74) is 1.63. The lowest BCUT2D eigenvalue weighted by Crippen LogP contribution is -2.59. The zero-order valence-electron chi connectivity index (χ0n) is 24.6. The minimum Gasteiger partial charge on any atom is -0.394 e. The molecule has 12 nitrogen and oxygen atoms in total. The Hall–Kier alpha value is -3.93. The van der Waals surface area contributed by atoms with E-state index in [-0.39, 0.29) is 18.3 Å². The Morgan fingerprint density at radius 3 is 2.19 bits per heavy atom. The summed E-state index contributed by atoms with van der Waals surface area (Å²) in [4.78, 5) is 72.3. The number of hydrogen-bond donors (Lipinski definition) is 6. The van der Waals surface area contributed by atoms with Crippen LogP contribution in [-0.4, -0.2) is 87.9 Å². The minimum atomic E-state index is -1.34. The fourth-order valence-corrected chi connectivity index (χ4v) is 5.69. The number of H-pyrrole nitrogens is 1. The average molecular weight is 583 g/mol. The molecule has 6 N–H and O–H groups in total. The molecule has 0 bridgehead atoms. The highest BCUT2D eigenvalue weighted by atomic mass is 16.3. The normalized spacial score (nSPS) is 26.4. The first kappa shape index (κ1) is 31.0. The third-order valence-corrected chi connectivity index (χ3v) is 7.96. The molecule has 0 saturated carbocycles. The van der Waals surface area contributed by atoms with Crippen molar-refractivity contribution < 1.29 is 29.1 Å². The van der Waals surface area contributed by atoms with Crippen LogP contribution >= 0.6 is 0 Å². The van der Waals surface area contributed by atoms with Crippen molar-refractivity contribution in [1.82, 2.24) is 31.2 Å². The van der Waals surface area contributed by atoms with Crippen LogP contribution in [0.15, 0.2) is 30.5 Å². The Morgan fingerprint density at radius 2 is 1.50 bits per heavy atom. The number of aliphatic hydroxyl groups is 1. The quantitative estimate of drug-likeness (QED) is 0.287. The first-order valence-corrected chi connectivity index (χ1v) is 14.7. The number of nitrogens with zero attached hydrogens (tertiary/aromatic N) is 1. The van der Waals surface area contributed by atoms with Crippen LogP contribution in [0.25, 0.3) is 10.9 Å². The second-order valence-corrected chi connectivity index (χ2v) is 12.0. The Morgan fingerprint density at radius 1 is 0.857 bits per heavy atom. The van der Waals surface area contributed by atoms with Gasteiger partial charge in [-0.15, -0.1) is 0 Å². The maximum atomic E-state index is 13.8. The van der Waals surface area contributed by atoms with Crippen LogP contribution in [0.3, 0.4) is 0 Å². The van der Waals surface area contributed by atoms with E-state index >= 15 is 0 Å². The van der Waals surface area contributed by atoms with Gasteiger partial charge in [-0.2, -0.15) is 0 Å². The smallest absolute Gasteiger partial charge is 0.246 e. The summed E-state index contributed by atoms with van der Waals surface area (Å²) in [6.45, 7) is 7.07. The molecule has 1 aromatic heterocycles. The van der Waals surface area contributed by atoms with Crippen molar-refractivity contribution in [1.29, 1.82) is 0 Å². The molecule has 12 heteroatoms. The van der Waals surface area contributed by atoms with Gasteiger partial charge in [0, 0.05) is 30.1 Å². The first-order valence-electron chi connectivity index (χ1n) is 14.7. The minimum absolute atomic E-state index is 0.0292. The van der Waals surface area contributed by atoms with Crippen molar-refractivity contribution >= 4 is 40.4 Å². The summed E-state index contributed by atoms with van der Waals surface area (Å²) in [6, 6.07) is 2.34. The van der Waals surface area contributed by atoms with E-state index in [4.69, 9.17) is 0 Å². The molecule has 2 aliphatic heterocycles. The summed E-state index contributed by atoms with van der Waals surface area (Å²) >= 11 is 0. The van der Waals surface area contributed by atoms with Crippen molar-refractivity contribution in [2.45, 2.75) is 83.6 Å². The van der Waals surface area contributed by atoms with Gasteiger partial charge >= 0.3 is 0 Å². The van der Waals surface area contributed by atoms with Crippen LogP contribution in [0.4, 0.5) is 0 Å². The Labute approximate surface area is 245 Å². The van der Waals surface area contributed by atoms with E-state index in [1.807, 2.05) is 38.1 Å². The SMILES string of the molecule is CC(C)C[C@H]1NC(=O)[C@H](Cc2c[nH]c3ccccc23)NC(=O)[C@H](CO)NC(=O)[C@H]2CCCN2C(=O)[C@H](C(C)C)NC1=O. The highest BCUT2D eigenvalue weighted by molar-refractivity contribution is 5.98. The van der Waals surface area contributed by atoms with E-state index in [0.717, 1.165) is 16.5 Å². The number of aromatic nitrogens is 1. The third kappa shape index (κ3) is 6.92. The van der Waals surface area contributed by atoms with E-state index in [1.54, 1.807) is 20.0 Å². The molecule has 2 fully saturated rings. The van der Waals surface area contributed by atoms with Crippen LogP contribution < -0.4 is 21.3 Å². The number of fused-ring (bicyclic) bond motifs is 2. The van der Waals surface area contributed by atoms with Gasteiger partial charge in [0.05, 0.1) is 6.61 Å². The molecule has 0 radical (unpaired) electrons. The Bertz CT molecular complexity index is 1320. The van der Waals surface area contributed by atoms with E-state index in [9.17, 15) is 29.1 Å². The van der Waals surface area contributed by atoms with E-state index < -0.39 is 66.4 Å². The van der Waals surface area contributed by atoms with Gasteiger partial charge in [-0.3, -0.25) is 24.0 Å². The average Bonchev–Trinajstić information content (AvgIpc) is 3.60. The molecule has 5 amide bonds. The number of rotatable bonds is 6. The molecule has 2 aromatic rings. The number of benzene rings is 1. The number of carbonyl (C=O) groups excluding carboxylic acids is 5. The van der Waals surface area contributed by atoms with Gasteiger partial charge in [-0.05, 0) is 42.7 Å². The molecule has 0 spiro atoms. The highest BCUT2D eigenvalue weighted by Crippen LogP contribution is 2.22. The molecule has 2 aliphatic rings. The monoisotopic (exact) mass is 582 g/mol. The van der Waals surface area contributed by atoms with Crippen LogP contribution in [-0.2, 0) is 30.4 Å². The molecule has 4 rings (SSSR count). The molecule has 2 saturated heterocycles. The number of nitrogens with one attached hydrogen (secondary N) is 5. The molecular weight excluding hydrogens is 540 g/mol. The van der Waals surface area contributed by atoms with Gasteiger partial charge in [0.1, 0.15) is 30.2 Å². The number of aromatic amines is 1. The van der Waals surface area contributed by atoms with E-state index in [0.29, 0.717) is 25.8 Å². The summed E-state index contributed by atoms with van der Waals surface area (Å²) in [6.07, 6.45) is 3.12. The van der Waals surface area contributed by atoms with Gasteiger partial charge < -0.3 is 36.3 Å². The van der Waals surface area contributed by atoms with Gasteiger partial charge in [0.2, 0.25) is 29.5 Å². The van der Waals surface area contributed by atoms with Gasteiger partial charge in [-0.1, -0.05) is 45.9 Å². The molecule has 42 heavy (non-hydrogen) atoms. The second kappa shape index (κ2) is 13.4. The molecule has 3 heterocycles. The molecule has 0 aliphatic carbocycles. The zero-order valence-corrected chi connectivity index (χ0v) is 24.6. The Balaban J connectivity index is 1.72. The fraction of sp³-hybridized carbons (Fsp3) is 0.567. The lowest BCUT2D eigenvalue weighted by atomic mass is 9.98. The van der Waals surface area contributed by atoms with Gasteiger partial charge in [-0.25, -0.2) is 0 Å². The first-order chi connectivity index (χ1) is 20.0. The van der Waals surface area contributed by atoms with Crippen molar-refractivity contribution in [3.8, 4) is 0 Å². The lowest BCUT2D eigenvalue weighted by molar-refractivity contribution is -0.143. The standard InChI is InChI=1S/C30H42N6O6/c1-16(2)12-21-27(39)35-25(17(3)4)30(42)36-11-7-10-24(36)29(41)34-23(15-37)28(40)33-22(26(38)32-21)13-18-14-31-20-9-6-5-8-19(18)20/h5-6,8-9,14,16-17,21-25,31,37H,7,10-13,15H2,1-4H3,(H,32,38)(H,33,40)(H,34,41)(H,35,39)/t21-,22+,23+,24-,25+/m1/s1. The molecule has 228 valence electrons. The highest BCUT2D eigenvalue weighted by Gasteiger charge is 2.41. The van der Waals surface area contributed by atoms with E-state index in [1.165, 1.54) is 4.90 Å². The molecular formula is C30H42N6O6. The number of carbonyl (C=O) groups is 5. The Kier molecular flexibility index (Phi) is 9.87. The van der Waals surface area contributed by atoms with Gasteiger partial charge in [0.25, 0.3) is 0 Å². The van der Waals surface area contributed by atoms with Crippen molar-refractivity contribution in [2.24, 2.45) is 11.8 Å². The maximum absolute atomic E-state index is 13.8. The summed E-state index contributed by atoms with van der Waals surface area (Å²) in [5.74, 6) is -3.09.